The van der Waals surface area contributed by atoms with Crippen LogP contribution in [0.2, 0.25) is 0 Å². The summed E-state index contributed by atoms with van der Waals surface area (Å²) in [5.41, 5.74) is 3.68. The second-order valence-corrected chi connectivity index (χ2v) is 2.76. The third kappa shape index (κ3) is 1.73. The van der Waals surface area contributed by atoms with Crippen molar-refractivity contribution >= 4 is 5.71 Å². The molecular formula is C11H15N. The van der Waals surface area contributed by atoms with E-state index in [2.05, 4.69) is 36.2 Å². The number of aliphatic imine (C=N–C) groups is 1. The van der Waals surface area contributed by atoms with Crippen molar-refractivity contribution in [3.8, 4) is 0 Å². The SMILES string of the molecule is C/C=C1/C=C(CC)C=C/C1=N/C. The largest absolute Gasteiger partial charge is 0.288 e. The van der Waals surface area contributed by atoms with E-state index in [-0.39, 0.29) is 0 Å². The summed E-state index contributed by atoms with van der Waals surface area (Å²) in [5, 5.41) is 0. The van der Waals surface area contributed by atoms with Crippen molar-refractivity contribution in [1.82, 2.24) is 0 Å². The Kier molecular flexibility index (Phi) is 3.03. The summed E-state index contributed by atoms with van der Waals surface area (Å²) >= 11 is 0. The van der Waals surface area contributed by atoms with Crippen LogP contribution in [0.5, 0.6) is 0 Å². The van der Waals surface area contributed by atoms with Gasteiger partial charge in [0.25, 0.3) is 0 Å². The fraction of sp³-hybridized carbons (Fsp3) is 0.364. The Morgan fingerprint density at radius 1 is 1.42 bits per heavy atom. The molecule has 0 heterocycles. The van der Waals surface area contributed by atoms with Crippen molar-refractivity contribution in [3.63, 3.8) is 0 Å². The van der Waals surface area contributed by atoms with Crippen molar-refractivity contribution in [2.24, 2.45) is 4.99 Å². The Balaban J connectivity index is 2.98. The molecule has 0 N–H and O–H groups in total. The Bertz CT molecular complexity index is 277. The Morgan fingerprint density at radius 2 is 2.17 bits per heavy atom. The molecule has 0 aromatic heterocycles. The van der Waals surface area contributed by atoms with Crippen LogP contribution >= 0.6 is 0 Å². The lowest BCUT2D eigenvalue weighted by Gasteiger charge is -2.09. The second-order valence-electron chi connectivity index (χ2n) is 2.76. The lowest BCUT2D eigenvalue weighted by molar-refractivity contribution is 1.14. The van der Waals surface area contributed by atoms with Crippen molar-refractivity contribution in [2.75, 3.05) is 7.05 Å². The highest BCUT2D eigenvalue weighted by Gasteiger charge is 2.04. The van der Waals surface area contributed by atoms with E-state index in [0.717, 1.165) is 12.1 Å². The molecule has 0 spiro atoms. The highest BCUT2D eigenvalue weighted by atomic mass is 14.7. The maximum atomic E-state index is 4.19. The van der Waals surface area contributed by atoms with Crippen LogP contribution in [0.3, 0.4) is 0 Å². The minimum atomic E-state index is 1.08. The minimum absolute atomic E-state index is 1.08. The average Bonchev–Trinajstić information content (AvgIpc) is 2.16. The van der Waals surface area contributed by atoms with Crippen LogP contribution in [0.4, 0.5) is 0 Å². The summed E-state index contributed by atoms with van der Waals surface area (Å²) in [6.45, 7) is 4.21. The molecule has 0 saturated carbocycles. The van der Waals surface area contributed by atoms with Gasteiger partial charge in [-0.2, -0.15) is 0 Å². The normalized spacial score (nSPS) is 23.4. The molecule has 0 amide bonds. The highest BCUT2D eigenvalue weighted by molar-refractivity contribution is 6.11. The van der Waals surface area contributed by atoms with Crippen LogP contribution in [-0.4, -0.2) is 12.8 Å². The summed E-state index contributed by atoms with van der Waals surface area (Å²) in [5.74, 6) is 0. The molecule has 1 aliphatic rings. The average molecular weight is 161 g/mol. The van der Waals surface area contributed by atoms with Crippen molar-refractivity contribution in [2.45, 2.75) is 20.3 Å². The first kappa shape index (κ1) is 8.98. The molecule has 1 nitrogen and oxygen atoms in total. The zero-order chi connectivity index (χ0) is 8.97. The molecule has 1 heteroatoms. The van der Waals surface area contributed by atoms with Gasteiger partial charge < -0.3 is 0 Å². The zero-order valence-corrected chi connectivity index (χ0v) is 7.96. The molecule has 0 aliphatic heterocycles. The summed E-state index contributed by atoms with van der Waals surface area (Å²) in [6, 6.07) is 0. The van der Waals surface area contributed by atoms with Gasteiger partial charge in [0.1, 0.15) is 0 Å². The molecule has 0 aromatic rings. The van der Waals surface area contributed by atoms with Crippen LogP contribution in [-0.2, 0) is 0 Å². The summed E-state index contributed by atoms with van der Waals surface area (Å²) in [6.07, 6.45) is 9.60. The van der Waals surface area contributed by atoms with Crippen molar-refractivity contribution in [1.29, 1.82) is 0 Å². The summed E-state index contributed by atoms with van der Waals surface area (Å²) in [7, 11) is 1.83. The van der Waals surface area contributed by atoms with Crippen LogP contribution < -0.4 is 0 Å². The van der Waals surface area contributed by atoms with Gasteiger partial charge in [0.05, 0.1) is 5.71 Å². The molecule has 0 saturated heterocycles. The topological polar surface area (TPSA) is 12.4 Å². The molecule has 0 radical (unpaired) electrons. The van der Waals surface area contributed by atoms with Crippen molar-refractivity contribution in [3.05, 3.63) is 35.5 Å². The molecule has 1 aliphatic carbocycles. The van der Waals surface area contributed by atoms with Gasteiger partial charge in [-0.25, -0.2) is 0 Å². The van der Waals surface area contributed by atoms with E-state index < -0.39 is 0 Å². The van der Waals surface area contributed by atoms with E-state index in [9.17, 15) is 0 Å². The van der Waals surface area contributed by atoms with Crippen LogP contribution in [0.25, 0.3) is 0 Å². The lowest BCUT2D eigenvalue weighted by Crippen LogP contribution is -2.01. The lowest BCUT2D eigenvalue weighted by atomic mass is 9.98. The Morgan fingerprint density at radius 3 is 2.67 bits per heavy atom. The van der Waals surface area contributed by atoms with Gasteiger partial charge in [-0.15, -0.1) is 0 Å². The highest BCUT2D eigenvalue weighted by Crippen LogP contribution is 2.15. The number of hydrogen-bond donors (Lipinski definition) is 0. The van der Waals surface area contributed by atoms with Gasteiger partial charge in [-0.1, -0.05) is 19.1 Å². The monoisotopic (exact) mass is 161 g/mol. The summed E-state index contributed by atoms with van der Waals surface area (Å²) in [4.78, 5) is 4.19. The van der Waals surface area contributed by atoms with E-state index in [1.807, 2.05) is 14.0 Å². The van der Waals surface area contributed by atoms with E-state index in [0.29, 0.717) is 0 Å². The zero-order valence-electron chi connectivity index (χ0n) is 7.96. The molecule has 12 heavy (non-hydrogen) atoms. The standard InChI is InChI=1S/C11H15N/c1-4-9-6-7-11(12-3)10(5-2)8-9/h5-8H,4H2,1-3H3/b10-5-,12-11-. The van der Waals surface area contributed by atoms with Crippen LogP contribution in [0.1, 0.15) is 20.3 Å². The van der Waals surface area contributed by atoms with E-state index in [4.69, 9.17) is 0 Å². The molecule has 0 bridgehead atoms. The Labute approximate surface area is 74.2 Å². The molecule has 1 rings (SSSR count). The predicted octanol–water partition coefficient (Wildman–Crippen LogP) is 2.91. The smallest absolute Gasteiger partial charge is 0.0640 e. The third-order valence-electron chi connectivity index (χ3n) is 2.05. The maximum absolute atomic E-state index is 4.19. The fourth-order valence-electron chi connectivity index (χ4n) is 1.26. The van der Waals surface area contributed by atoms with Crippen LogP contribution in [0.15, 0.2) is 40.4 Å². The number of nitrogens with zero attached hydrogens (tertiary/aromatic N) is 1. The first-order chi connectivity index (χ1) is 5.81. The first-order valence-electron chi connectivity index (χ1n) is 4.34. The maximum Gasteiger partial charge on any atom is 0.0640 e. The van der Waals surface area contributed by atoms with Gasteiger partial charge in [0, 0.05) is 7.05 Å². The van der Waals surface area contributed by atoms with Gasteiger partial charge in [0.15, 0.2) is 0 Å². The molecule has 64 valence electrons. The van der Waals surface area contributed by atoms with Gasteiger partial charge in [-0.3, -0.25) is 4.99 Å². The van der Waals surface area contributed by atoms with E-state index in [1.165, 1.54) is 11.1 Å². The number of rotatable bonds is 1. The number of hydrogen-bond acceptors (Lipinski definition) is 1. The predicted molar refractivity (Wildman–Crippen MR) is 54.6 cm³/mol. The molecule has 0 unspecified atom stereocenters. The molecule has 0 aromatic carbocycles. The van der Waals surface area contributed by atoms with Gasteiger partial charge in [0.2, 0.25) is 0 Å². The summed E-state index contributed by atoms with van der Waals surface area (Å²) < 4.78 is 0. The minimum Gasteiger partial charge on any atom is -0.288 e. The van der Waals surface area contributed by atoms with Crippen molar-refractivity contribution < 1.29 is 0 Å². The molecular weight excluding hydrogens is 146 g/mol. The molecule has 0 atom stereocenters. The fourth-order valence-corrected chi connectivity index (χ4v) is 1.26. The molecule has 0 fully saturated rings. The second kappa shape index (κ2) is 4.05. The Hall–Kier alpha value is -1.11. The quantitative estimate of drug-likeness (QED) is 0.560. The first-order valence-corrected chi connectivity index (χ1v) is 4.34. The van der Waals surface area contributed by atoms with E-state index >= 15 is 0 Å². The van der Waals surface area contributed by atoms with E-state index in [1.54, 1.807) is 0 Å². The van der Waals surface area contributed by atoms with Crippen LogP contribution in [0, 0.1) is 0 Å². The van der Waals surface area contributed by atoms with Gasteiger partial charge in [-0.05, 0) is 36.6 Å². The third-order valence-corrected chi connectivity index (χ3v) is 2.05. The van der Waals surface area contributed by atoms with Gasteiger partial charge >= 0.3 is 0 Å². The number of allylic oxidation sites excluding steroid dienone is 6.